The first-order chi connectivity index (χ1) is 21.0. The van der Waals surface area contributed by atoms with Gasteiger partial charge >= 0.3 is 11.9 Å². The number of phenols is 1. The molecule has 45 heavy (non-hydrogen) atoms. The van der Waals surface area contributed by atoms with E-state index >= 15 is 0 Å². The molecule has 4 saturated carbocycles. The van der Waals surface area contributed by atoms with Crippen LogP contribution in [0.25, 0.3) is 6.08 Å². The summed E-state index contributed by atoms with van der Waals surface area (Å²) in [5.41, 5.74) is 0.857. The Morgan fingerprint density at radius 1 is 0.933 bits per heavy atom. The molecule has 0 bridgehead atoms. The molecule has 3 N–H and O–H groups in total. The largest absolute Gasteiger partial charge is 0.508 e. The van der Waals surface area contributed by atoms with E-state index in [0.717, 1.165) is 50.5 Å². The van der Waals surface area contributed by atoms with Crippen molar-refractivity contribution < 1.29 is 29.6 Å². The van der Waals surface area contributed by atoms with Gasteiger partial charge in [0.05, 0.1) is 11.5 Å². The lowest BCUT2D eigenvalue weighted by Crippen LogP contribution is -2.67. The number of fused-ring (bicyclic) bond motifs is 7. The summed E-state index contributed by atoms with van der Waals surface area (Å²) >= 11 is 0. The van der Waals surface area contributed by atoms with Gasteiger partial charge in [-0.25, -0.2) is 4.79 Å². The molecule has 6 nitrogen and oxygen atoms in total. The molecule has 1 unspecified atom stereocenters. The van der Waals surface area contributed by atoms with Crippen LogP contribution in [0, 0.1) is 56.7 Å². The molecule has 0 spiro atoms. The summed E-state index contributed by atoms with van der Waals surface area (Å²) in [6.07, 6.45) is 11.1. The molecular formula is C39H54O6. The Labute approximate surface area is 269 Å². The molecule has 0 radical (unpaired) electrons. The molecule has 6 heteroatoms. The highest BCUT2D eigenvalue weighted by Gasteiger charge is 2.70. The van der Waals surface area contributed by atoms with Crippen LogP contribution in [0.1, 0.15) is 105 Å². The average Bonchev–Trinajstić information content (AvgIpc) is 2.97. The Kier molecular flexibility index (Phi) is 7.70. The van der Waals surface area contributed by atoms with Crippen LogP contribution in [-0.2, 0) is 14.3 Å². The van der Waals surface area contributed by atoms with Gasteiger partial charge in [-0.3, -0.25) is 4.79 Å². The summed E-state index contributed by atoms with van der Waals surface area (Å²) in [6, 6.07) is 6.62. The number of ether oxygens (including phenoxy) is 1. The van der Waals surface area contributed by atoms with Gasteiger partial charge in [0.1, 0.15) is 11.9 Å². The third kappa shape index (κ3) is 4.58. The summed E-state index contributed by atoms with van der Waals surface area (Å²) in [4.78, 5) is 26.0. The Hall–Kier alpha value is -2.60. The molecule has 11 atom stereocenters. The minimum atomic E-state index is -0.780. The maximum atomic E-state index is 13.0. The third-order valence-electron chi connectivity index (χ3n) is 14.9. The monoisotopic (exact) mass is 618 g/mol. The fraction of sp³-hybridized carbons (Fsp3) is 0.692. The topological polar surface area (TPSA) is 104 Å². The van der Waals surface area contributed by atoms with Crippen LogP contribution in [0.2, 0.25) is 0 Å². The van der Waals surface area contributed by atoms with Crippen LogP contribution in [0.5, 0.6) is 5.75 Å². The zero-order valence-corrected chi connectivity index (χ0v) is 28.3. The van der Waals surface area contributed by atoms with Crippen molar-refractivity contribution >= 4 is 18.0 Å². The highest BCUT2D eigenvalue weighted by Crippen LogP contribution is 2.75. The number of carboxylic acid groups (broad SMARTS) is 1. The maximum absolute atomic E-state index is 13.0. The number of hydrogen-bond acceptors (Lipinski definition) is 5. The van der Waals surface area contributed by atoms with E-state index in [-0.39, 0.29) is 33.8 Å². The number of carbonyl (C=O) groups is 2. The van der Waals surface area contributed by atoms with Gasteiger partial charge in [0, 0.05) is 11.5 Å². The predicted octanol–water partition coefficient (Wildman–Crippen LogP) is 8.03. The molecular weight excluding hydrogens is 564 g/mol. The molecule has 246 valence electrons. The average molecular weight is 619 g/mol. The van der Waals surface area contributed by atoms with Crippen molar-refractivity contribution in [3.8, 4) is 5.75 Å². The zero-order chi connectivity index (χ0) is 32.7. The number of aliphatic hydroxyl groups is 1. The molecule has 1 aromatic carbocycles. The van der Waals surface area contributed by atoms with Crippen molar-refractivity contribution in [3.63, 3.8) is 0 Å². The van der Waals surface area contributed by atoms with Gasteiger partial charge in [0.2, 0.25) is 0 Å². The Bertz CT molecular complexity index is 1410. The Morgan fingerprint density at radius 3 is 2.29 bits per heavy atom. The lowest BCUT2D eigenvalue weighted by molar-refractivity contribution is -0.238. The van der Waals surface area contributed by atoms with Crippen molar-refractivity contribution in [3.05, 3.63) is 47.6 Å². The normalized spacial score (nSPS) is 45.3. The molecule has 1 aromatic rings. The quantitative estimate of drug-likeness (QED) is 0.179. The van der Waals surface area contributed by atoms with Crippen LogP contribution in [-0.4, -0.2) is 39.5 Å². The van der Waals surface area contributed by atoms with Gasteiger partial charge in [-0.1, -0.05) is 72.2 Å². The van der Waals surface area contributed by atoms with Crippen LogP contribution >= 0.6 is 0 Å². The van der Waals surface area contributed by atoms with Gasteiger partial charge in [-0.2, -0.15) is 0 Å². The third-order valence-corrected chi connectivity index (χ3v) is 14.9. The lowest BCUT2D eigenvalue weighted by atomic mass is 9.33. The molecule has 0 aliphatic heterocycles. The number of carbonyl (C=O) groups excluding carboxylic acids is 1. The number of carboxylic acids is 1. The van der Waals surface area contributed by atoms with Crippen molar-refractivity contribution in [1.29, 1.82) is 0 Å². The van der Waals surface area contributed by atoms with Crippen molar-refractivity contribution in [1.82, 2.24) is 0 Å². The van der Waals surface area contributed by atoms with Gasteiger partial charge in [-0.15, -0.1) is 0 Å². The number of benzene rings is 1. The van der Waals surface area contributed by atoms with Gasteiger partial charge in [0.15, 0.2) is 0 Å². The number of esters is 1. The van der Waals surface area contributed by atoms with E-state index in [1.807, 2.05) is 0 Å². The second-order valence-corrected chi connectivity index (χ2v) is 17.0. The number of aliphatic hydroxyl groups excluding tert-OH is 1. The molecule has 0 amide bonds. The number of aliphatic carboxylic acids is 1. The molecule has 0 heterocycles. The SMILES string of the molecule is C[C@H]1[C@H](C)CC[C@]2(C(=O)O)CC[C@]3(C)C(=CCC4[C@@]5(C)C[C@@H](O)[C@H](OC(=O)/C=C/c6ccc(O)cc6)C(C)(C)[C@@H]5CC[C@]43C)[C@H]12. The van der Waals surface area contributed by atoms with Crippen LogP contribution in [0.4, 0.5) is 0 Å². The number of phenolic OH excluding ortho intramolecular Hbond substituents is 1. The number of allylic oxidation sites excluding steroid dienone is 2. The number of aromatic hydroxyl groups is 1. The van der Waals surface area contributed by atoms with E-state index in [2.05, 4.69) is 54.5 Å². The highest BCUT2D eigenvalue weighted by molar-refractivity contribution is 5.87. The van der Waals surface area contributed by atoms with Gasteiger partial charge < -0.3 is 20.1 Å². The first-order valence-electron chi connectivity index (χ1n) is 17.3. The maximum Gasteiger partial charge on any atom is 0.331 e. The standard InChI is InChI=1S/C39H54O6/c1-23-16-19-39(34(43)44)21-20-37(6)27(32(39)24(23)2)13-14-30-36(5)22-28(41)33(35(3,4)29(36)17-18-38(30,37)7)45-31(42)15-10-25-8-11-26(40)12-9-25/h8-13,15,23-24,28-30,32-33,40-41H,14,16-22H2,1-7H3,(H,43,44)/b15-10+/t23-,24+,28-,29+,30?,32+,33+,36+,37-,38-,39+/m1/s1. The Balaban J connectivity index is 1.29. The Morgan fingerprint density at radius 2 is 1.62 bits per heavy atom. The molecule has 4 fully saturated rings. The van der Waals surface area contributed by atoms with E-state index < -0.39 is 35.0 Å². The lowest BCUT2D eigenvalue weighted by Gasteiger charge is -2.71. The minimum Gasteiger partial charge on any atom is -0.508 e. The van der Waals surface area contributed by atoms with Crippen LogP contribution < -0.4 is 0 Å². The minimum absolute atomic E-state index is 0.0143. The summed E-state index contributed by atoms with van der Waals surface area (Å²) in [7, 11) is 0. The van der Waals surface area contributed by atoms with E-state index in [9.17, 15) is 24.9 Å². The summed E-state index contributed by atoms with van der Waals surface area (Å²) in [6.45, 7) is 16.2. The fourth-order valence-corrected chi connectivity index (χ4v) is 12.1. The van der Waals surface area contributed by atoms with Crippen LogP contribution in [0.3, 0.4) is 0 Å². The molecule has 0 saturated heterocycles. The first kappa shape index (κ1) is 32.3. The molecule has 5 aliphatic rings. The predicted molar refractivity (Wildman–Crippen MR) is 175 cm³/mol. The van der Waals surface area contributed by atoms with E-state index in [0.29, 0.717) is 24.2 Å². The second-order valence-electron chi connectivity index (χ2n) is 17.0. The van der Waals surface area contributed by atoms with Gasteiger partial charge in [-0.05, 0) is 121 Å². The summed E-state index contributed by atoms with van der Waals surface area (Å²) in [5, 5.41) is 32.0. The van der Waals surface area contributed by atoms with Gasteiger partial charge in [0.25, 0.3) is 0 Å². The highest BCUT2D eigenvalue weighted by atomic mass is 16.6. The van der Waals surface area contributed by atoms with Crippen molar-refractivity contribution in [2.24, 2.45) is 56.7 Å². The van der Waals surface area contributed by atoms with E-state index in [4.69, 9.17) is 4.74 Å². The first-order valence-corrected chi connectivity index (χ1v) is 17.3. The number of hydrogen-bond donors (Lipinski definition) is 3. The van der Waals surface area contributed by atoms with E-state index in [1.54, 1.807) is 30.3 Å². The summed E-state index contributed by atoms with van der Waals surface area (Å²) in [5.74, 6) is 0.617. The van der Waals surface area contributed by atoms with Crippen molar-refractivity contribution in [2.45, 2.75) is 112 Å². The fourth-order valence-electron chi connectivity index (χ4n) is 12.1. The summed E-state index contributed by atoms with van der Waals surface area (Å²) < 4.78 is 6.05. The smallest absolute Gasteiger partial charge is 0.331 e. The number of rotatable bonds is 4. The van der Waals surface area contributed by atoms with E-state index in [1.165, 1.54) is 11.6 Å². The second kappa shape index (κ2) is 10.7. The molecule has 0 aromatic heterocycles. The zero-order valence-electron chi connectivity index (χ0n) is 28.3. The molecule has 6 rings (SSSR count). The van der Waals surface area contributed by atoms with Crippen molar-refractivity contribution in [2.75, 3.05) is 0 Å². The molecule has 5 aliphatic carbocycles. The van der Waals surface area contributed by atoms with Crippen LogP contribution in [0.15, 0.2) is 42.0 Å².